The van der Waals surface area contributed by atoms with Crippen LogP contribution < -0.4 is 15.4 Å². The predicted molar refractivity (Wildman–Crippen MR) is 103 cm³/mol. The van der Waals surface area contributed by atoms with Gasteiger partial charge in [0, 0.05) is 36.3 Å². The second-order valence-electron chi connectivity index (χ2n) is 5.99. The van der Waals surface area contributed by atoms with Gasteiger partial charge in [0.15, 0.2) is 0 Å². The number of carbonyl (C=O) groups excluding carboxylic acids is 1. The minimum Gasteiger partial charge on any atom is -0.492 e. The van der Waals surface area contributed by atoms with Gasteiger partial charge in [-0.05, 0) is 25.1 Å². The Morgan fingerprint density at radius 1 is 1.19 bits per heavy atom. The second-order valence-corrected chi connectivity index (χ2v) is 5.99. The summed E-state index contributed by atoms with van der Waals surface area (Å²) in [6, 6.07) is 14.7. The van der Waals surface area contributed by atoms with Gasteiger partial charge in [0.2, 0.25) is 0 Å². The van der Waals surface area contributed by atoms with Crippen LogP contribution in [0.1, 0.15) is 18.6 Å². The second kappa shape index (κ2) is 7.93. The van der Waals surface area contributed by atoms with Gasteiger partial charge in [-0.25, -0.2) is 4.79 Å². The summed E-state index contributed by atoms with van der Waals surface area (Å²) in [7, 11) is 1.93. The van der Waals surface area contributed by atoms with Crippen LogP contribution in [0.3, 0.4) is 0 Å². The molecule has 0 radical (unpaired) electrons. The minimum absolute atomic E-state index is 0.108. The van der Waals surface area contributed by atoms with Crippen molar-refractivity contribution < 1.29 is 14.6 Å². The smallest absolute Gasteiger partial charge is 0.319 e. The summed E-state index contributed by atoms with van der Waals surface area (Å²) in [6.45, 7) is 2.51. The average Bonchev–Trinajstić information content (AvgIpc) is 2.99. The number of anilines is 1. The van der Waals surface area contributed by atoms with Crippen LogP contribution in [0.4, 0.5) is 10.5 Å². The van der Waals surface area contributed by atoms with Crippen molar-refractivity contribution in [1.82, 2.24) is 9.88 Å². The molecule has 1 unspecified atom stereocenters. The highest BCUT2D eigenvalue weighted by atomic mass is 16.5. The van der Waals surface area contributed by atoms with Crippen molar-refractivity contribution in [2.45, 2.75) is 13.0 Å². The van der Waals surface area contributed by atoms with Gasteiger partial charge in [0.05, 0.1) is 18.4 Å². The quantitative estimate of drug-likeness (QED) is 0.635. The van der Waals surface area contributed by atoms with Crippen LogP contribution in [0.2, 0.25) is 0 Å². The number of fused-ring (bicyclic) bond motifs is 1. The molecule has 0 fully saturated rings. The van der Waals surface area contributed by atoms with Gasteiger partial charge in [-0.3, -0.25) is 0 Å². The number of aliphatic hydroxyl groups excluding tert-OH is 1. The molecule has 0 bridgehead atoms. The van der Waals surface area contributed by atoms with Gasteiger partial charge in [0.1, 0.15) is 5.75 Å². The number of para-hydroxylation sites is 3. The Morgan fingerprint density at radius 3 is 2.73 bits per heavy atom. The van der Waals surface area contributed by atoms with Crippen LogP contribution in [0.15, 0.2) is 54.7 Å². The number of aliphatic hydroxyl groups is 1. The van der Waals surface area contributed by atoms with E-state index in [1.54, 1.807) is 12.1 Å². The monoisotopic (exact) mass is 353 g/mol. The van der Waals surface area contributed by atoms with Crippen molar-refractivity contribution in [3.05, 3.63) is 60.3 Å². The standard InChI is InChI=1S/C20H23N3O3/c1-3-26-19-11-7-5-9-16(19)22-20(25)21-12-18(24)15-13-23(2)17-10-6-4-8-14(15)17/h4-11,13,18,24H,3,12H2,1-2H3,(H2,21,22,25). The Bertz CT molecular complexity index is 904. The minimum atomic E-state index is -0.797. The van der Waals surface area contributed by atoms with Crippen LogP contribution in [0.5, 0.6) is 5.75 Å². The topological polar surface area (TPSA) is 75.5 Å². The zero-order valence-electron chi connectivity index (χ0n) is 14.9. The van der Waals surface area contributed by atoms with Gasteiger partial charge in [-0.15, -0.1) is 0 Å². The van der Waals surface area contributed by atoms with E-state index in [0.29, 0.717) is 18.0 Å². The molecule has 1 atom stereocenters. The molecule has 6 heteroatoms. The molecule has 3 aromatic rings. The average molecular weight is 353 g/mol. The first-order chi connectivity index (χ1) is 12.6. The fraction of sp³-hybridized carbons (Fsp3) is 0.250. The van der Waals surface area contributed by atoms with E-state index < -0.39 is 12.1 Å². The molecule has 0 aliphatic carbocycles. The molecule has 0 aliphatic heterocycles. The van der Waals surface area contributed by atoms with Crippen molar-refractivity contribution >= 4 is 22.6 Å². The number of urea groups is 1. The number of carbonyl (C=O) groups is 1. The van der Waals surface area contributed by atoms with E-state index in [9.17, 15) is 9.90 Å². The summed E-state index contributed by atoms with van der Waals surface area (Å²) < 4.78 is 7.45. The number of aryl methyl sites for hydroxylation is 1. The fourth-order valence-corrected chi connectivity index (χ4v) is 2.96. The molecule has 6 nitrogen and oxygen atoms in total. The lowest BCUT2D eigenvalue weighted by Crippen LogP contribution is -2.32. The number of hydrogen-bond donors (Lipinski definition) is 3. The molecular weight excluding hydrogens is 330 g/mol. The van der Waals surface area contributed by atoms with Gasteiger partial charge < -0.3 is 25.0 Å². The molecule has 3 rings (SSSR count). The summed E-state index contributed by atoms with van der Waals surface area (Å²) in [6.07, 6.45) is 1.09. The Balaban J connectivity index is 1.64. The third-order valence-corrected chi connectivity index (χ3v) is 4.18. The van der Waals surface area contributed by atoms with Crippen LogP contribution in [0.25, 0.3) is 10.9 Å². The summed E-state index contributed by atoms with van der Waals surface area (Å²) in [5.74, 6) is 0.611. The molecule has 0 saturated heterocycles. The zero-order valence-corrected chi connectivity index (χ0v) is 14.9. The summed E-state index contributed by atoms with van der Waals surface area (Å²) in [5.41, 5.74) is 2.42. The first-order valence-corrected chi connectivity index (χ1v) is 8.59. The number of nitrogens with one attached hydrogen (secondary N) is 2. The molecule has 3 N–H and O–H groups in total. The maximum absolute atomic E-state index is 12.2. The van der Waals surface area contributed by atoms with Gasteiger partial charge in [-0.2, -0.15) is 0 Å². The molecule has 1 heterocycles. The normalized spacial score (nSPS) is 12.0. The number of hydrogen-bond acceptors (Lipinski definition) is 3. The molecule has 2 aromatic carbocycles. The molecule has 26 heavy (non-hydrogen) atoms. The van der Waals surface area contributed by atoms with E-state index in [2.05, 4.69) is 10.6 Å². The number of amides is 2. The third-order valence-electron chi connectivity index (χ3n) is 4.18. The fourth-order valence-electron chi connectivity index (χ4n) is 2.96. The molecule has 136 valence electrons. The van der Waals surface area contributed by atoms with E-state index in [4.69, 9.17) is 4.74 Å². The van der Waals surface area contributed by atoms with Gasteiger partial charge in [-0.1, -0.05) is 30.3 Å². The Hall–Kier alpha value is -2.99. The summed E-state index contributed by atoms with van der Waals surface area (Å²) >= 11 is 0. The van der Waals surface area contributed by atoms with Gasteiger partial charge in [0.25, 0.3) is 0 Å². The highest BCUT2D eigenvalue weighted by Gasteiger charge is 2.16. The maximum Gasteiger partial charge on any atom is 0.319 e. The number of aromatic nitrogens is 1. The SMILES string of the molecule is CCOc1ccccc1NC(=O)NCC(O)c1cn(C)c2ccccc12. The largest absolute Gasteiger partial charge is 0.492 e. The van der Waals surface area contributed by atoms with Crippen molar-refractivity contribution in [1.29, 1.82) is 0 Å². The molecule has 0 aliphatic rings. The van der Waals surface area contributed by atoms with Crippen LogP contribution in [0, 0.1) is 0 Å². The Labute approximate surface area is 152 Å². The first kappa shape index (κ1) is 17.8. The van der Waals surface area contributed by atoms with Crippen molar-refractivity contribution in [2.24, 2.45) is 7.05 Å². The number of benzene rings is 2. The van der Waals surface area contributed by atoms with E-state index in [0.717, 1.165) is 16.5 Å². The van der Waals surface area contributed by atoms with E-state index in [-0.39, 0.29) is 6.54 Å². The highest BCUT2D eigenvalue weighted by Crippen LogP contribution is 2.26. The first-order valence-electron chi connectivity index (χ1n) is 8.59. The summed E-state index contributed by atoms with van der Waals surface area (Å²) in [5, 5.41) is 16.9. The summed E-state index contributed by atoms with van der Waals surface area (Å²) in [4.78, 5) is 12.2. The number of nitrogens with zero attached hydrogens (tertiary/aromatic N) is 1. The molecule has 1 aromatic heterocycles. The molecule has 0 spiro atoms. The molecular formula is C20H23N3O3. The van der Waals surface area contributed by atoms with Crippen molar-refractivity contribution in [3.8, 4) is 5.75 Å². The van der Waals surface area contributed by atoms with Crippen LogP contribution >= 0.6 is 0 Å². The van der Waals surface area contributed by atoms with E-state index in [1.165, 1.54) is 0 Å². The van der Waals surface area contributed by atoms with Crippen molar-refractivity contribution in [2.75, 3.05) is 18.5 Å². The number of ether oxygens (including phenoxy) is 1. The van der Waals surface area contributed by atoms with E-state index in [1.807, 2.05) is 61.1 Å². The van der Waals surface area contributed by atoms with Crippen LogP contribution in [-0.4, -0.2) is 28.9 Å². The van der Waals surface area contributed by atoms with E-state index >= 15 is 0 Å². The predicted octanol–water partition coefficient (Wildman–Crippen LogP) is 3.43. The maximum atomic E-state index is 12.2. The molecule has 0 saturated carbocycles. The lowest BCUT2D eigenvalue weighted by Gasteiger charge is -2.14. The third kappa shape index (κ3) is 3.81. The van der Waals surface area contributed by atoms with Crippen LogP contribution in [-0.2, 0) is 7.05 Å². The van der Waals surface area contributed by atoms with Crippen molar-refractivity contribution in [3.63, 3.8) is 0 Å². The lowest BCUT2D eigenvalue weighted by molar-refractivity contribution is 0.176. The van der Waals surface area contributed by atoms with Gasteiger partial charge >= 0.3 is 6.03 Å². The molecule has 2 amide bonds. The Morgan fingerprint density at radius 2 is 1.92 bits per heavy atom. The highest BCUT2D eigenvalue weighted by molar-refractivity contribution is 5.91. The Kier molecular flexibility index (Phi) is 5.43. The zero-order chi connectivity index (χ0) is 18.5. The lowest BCUT2D eigenvalue weighted by atomic mass is 10.1. The number of rotatable bonds is 6.